The number of hydrogen-bond donors (Lipinski definition) is 1. The van der Waals surface area contributed by atoms with Gasteiger partial charge in [-0.3, -0.25) is 20.2 Å². The van der Waals surface area contributed by atoms with Crippen molar-refractivity contribution in [3.05, 3.63) is 74.3 Å². The Balaban J connectivity index is 2.36. The van der Waals surface area contributed by atoms with Crippen LogP contribution in [0.1, 0.15) is 31.4 Å². The lowest BCUT2D eigenvalue weighted by Crippen LogP contribution is -2.12. The second kappa shape index (κ2) is 7.35. The molecule has 120 valence electrons. The van der Waals surface area contributed by atoms with E-state index in [1.807, 2.05) is 37.3 Å². The van der Waals surface area contributed by atoms with Gasteiger partial charge in [0.25, 0.3) is 11.4 Å². The fourth-order valence-electron chi connectivity index (χ4n) is 2.39. The Morgan fingerprint density at radius 2 is 1.74 bits per heavy atom. The summed E-state index contributed by atoms with van der Waals surface area (Å²) < 4.78 is 0. The molecule has 0 amide bonds. The van der Waals surface area contributed by atoms with Crippen LogP contribution in [0, 0.1) is 20.2 Å². The fourth-order valence-corrected chi connectivity index (χ4v) is 2.39. The van der Waals surface area contributed by atoms with Gasteiger partial charge in [-0.05, 0) is 18.1 Å². The highest BCUT2D eigenvalue weighted by Crippen LogP contribution is 2.33. The number of nitrogens with one attached hydrogen (secondary N) is 1. The third-order valence-corrected chi connectivity index (χ3v) is 3.50. The minimum absolute atomic E-state index is 0.0960. The molecule has 0 saturated heterocycles. The largest absolute Gasteiger partial charge is 0.373 e. The number of nitro benzene ring substituents is 2. The average molecular weight is 315 g/mol. The first kappa shape index (κ1) is 16.4. The Kier molecular flexibility index (Phi) is 5.24. The second-order valence-corrected chi connectivity index (χ2v) is 5.11. The van der Waals surface area contributed by atoms with Gasteiger partial charge < -0.3 is 5.32 Å². The van der Waals surface area contributed by atoms with Gasteiger partial charge >= 0.3 is 0 Å². The maximum absolute atomic E-state index is 11.2. The Bertz CT molecular complexity index is 704. The number of nitrogens with zero attached hydrogens (tertiary/aromatic N) is 2. The van der Waals surface area contributed by atoms with Crippen molar-refractivity contribution >= 4 is 17.1 Å². The zero-order valence-corrected chi connectivity index (χ0v) is 12.6. The van der Waals surface area contributed by atoms with Gasteiger partial charge in [-0.2, -0.15) is 0 Å². The second-order valence-electron chi connectivity index (χ2n) is 5.11. The molecule has 7 heteroatoms. The number of nitro groups is 2. The highest BCUT2D eigenvalue weighted by atomic mass is 16.6. The highest BCUT2D eigenvalue weighted by Gasteiger charge is 2.21. The molecular formula is C16H17N3O4. The van der Waals surface area contributed by atoms with Gasteiger partial charge in [-0.1, -0.05) is 43.7 Å². The Morgan fingerprint density at radius 3 is 2.30 bits per heavy atom. The van der Waals surface area contributed by atoms with Gasteiger partial charge in [0.2, 0.25) is 0 Å². The summed E-state index contributed by atoms with van der Waals surface area (Å²) >= 11 is 0. The number of benzene rings is 2. The van der Waals surface area contributed by atoms with Crippen molar-refractivity contribution in [1.29, 1.82) is 0 Å². The zero-order valence-electron chi connectivity index (χ0n) is 12.6. The van der Waals surface area contributed by atoms with Gasteiger partial charge in [0.1, 0.15) is 5.69 Å². The molecule has 1 N–H and O–H groups in total. The summed E-state index contributed by atoms with van der Waals surface area (Å²) in [5.41, 5.74) is 0.704. The van der Waals surface area contributed by atoms with Crippen LogP contribution in [-0.4, -0.2) is 9.85 Å². The molecule has 0 aliphatic rings. The molecular weight excluding hydrogens is 298 g/mol. The number of hydrogen-bond acceptors (Lipinski definition) is 5. The van der Waals surface area contributed by atoms with Gasteiger partial charge in [-0.15, -0.1) is 0 Å². The monoisotopic (exact) mass is 315 g/mol. The molecule has 0 heterocycles. The van der Waals surface area contributed by atoms with Crippen LogP contribution in [0.5, 0.6) is 0 Å². The van der Waals surface area contributed by atoms with E-state index >= 15 is 0 Å². The molecule has 0 aliphatic heterocycles. The first-order chi connectivity index (χ1) is 11.0. The molecule has 0 aliphatic carbocycles. The minimum atomic E-state index is -0.641. The summed E-state index contributed by atoms with van der Waals surface area (Å²) in [6.45, 7) is 2.03. The molecule has 1 atom stereocenters. The van der Waals surface area contributed by atoms with E-state index in [4.69, 9.17) is 0 Å². The summed E-state index contributed by atoms with van der Waals surface area (Å²) in [5, 5.41) is 25.2. The Hall–Kier alpha value is -2.96. The lowest BCUT2D eigenvalue weighted by atomic mass is 10.0. The van der Waals surface area contributed by atoms with Crippen molar-refractivity contribution in [3.8, 4) is 0 Å². The highest BCUT2D eigenvalue weighted by molar-refractivity contribution is 5.66. The molecule has 2 aromatic carbocycles. The standard InChI is InChI=1S/C16H17N3O4/c1-2-6-14(12-7-4-3-5-8-12)17-15-10-9-13(18(20)21)11-16(15)19(22)23/h3-5,7-11,14,17H,2,6H2,1H3/t14-/m1/s1. The van der Waals surface area contributed by atoms with Gasteiger partial charge in [-0.25, -0.2) is 0 Å². The predicted octanol–water partition coefficient (Wildman–Crippen LogP) is 4.46. The smallest absolute Gasteiger partial charge is 0.299 e. The average Bonchev–Trinajstić information content (AvgIpc) is 2.55. The van der Waals surface area contributed by atoms with Gasteiger partial charge in [0.15, 0.2) is 0 Å². The lowest BCUT2D eigenvalue weighted by molar-refractivity contribution is -0.393. The molecule has 0 fully saturated rings. The van der Waals surface area contributed by atoms with E-state index in [0.29, 0.717) is 0 Å². The van der Waals surface area contributed by atoms with E-state index in [1.54, 1.807) is 0 Å². The van der Waals surface area contributed by atoms with Crippen LogP contribution in [0.3, 0.4) is 0 Å². The quantitative estimate of drug-likeness (QED) is 0.601. The summed E-state index contributed by atoms with van der Waals surface area (Å²) in [6.07, 6.45) is 1.69. The molecule has 0 aromatic heterocycles. The van der Waals surface area contributed by atoms with Crippen molar-refractivity contribution in [1.82, 2.24) is 0 Å². The normalized spacial score (nSPS) is 11.7. The van der Waals surface area contributed by atoms with Crippen LogP contribution in [0.2, 0.25) is 0 Å². The Morgan fingerprint density at radius 1 is 1.04 bits per heavy atom. The van der Waals surface area contributed by atoms with Gasteiger partial charge in [0.05, 0.1) is 22.0 Å². The van der Waals surface area contributed by atoms with Crippen molar-refractivity contribution in [3.63, 3.8) is 0 Å². The van der Waals surface area contributed by atoms with E-state index in [9.17, 15) is 20.2 Å². The first-order valence-electron chi connectivity index (χ1n) is 7.27. The molecule has 0 radical (unpaired) electrons. The molecule has 0 spiro atoms. The van der Waals surface area contributed by atoms with Crippen LogP contribution in [-0.2, 0) is 0 Å². The maximum Gasteiger partial charge on any atom is 0.299 e. The van der Waals surface area contributed by atoms with Crippen LogP contribution in [0.15, 0.2) is 48.5 Å². The summed E-state index contributed by atoms with van der Waals surface area (Å²) in [5.74, 6) is 0. The third kappa shape index (κ3) is 4.03. The van der Waals surface area contributed by atoms with E-state index in [2.05, 4.69) is 5.32 Å². The summed E-state index contributed by atoms with van der Waals surface area (Å²) in [7, 11) is 0. The summed E-state index contributed by atoms with van der Waals surface area (Å²) in [4.78, 5) is 20.8. The van der Waals surface area contributed by atoms with E-state index in [1.165, 1.54) is 12.1 Å². The fraction of sp³-hybridized carbons (Fsp3) is 0.250. The molecule has 2 aromatic rings. The summed E-state index contributed by atoms with van der Waals surface area (Å²) in [6, 6.07) is 13.2. The SMILES string of the molecule is CCC[C@@H](Nc1ccc([N+](=O)[O-])cc1[N+](=O)[O-])c1ccccc1. The topological polar surface area (TPSA) is 98.3 Å². The van der Waals surface area contributed by atoms with Crippen LogP contribution in [0.25, 0.3) is 0 Å². The molecule has 0 unspecified atom stereocenters. The van der Waals surface area contributed by atoms with Crippen LogP contribution < -0.4 is 5.32 Å². The number of anilines is 1. The predicted molar refractivity (Wildman–Crippen MR) is 87.5 cm³/mol. The molecule has 23 heavy (non-hydrogen) atoms. The van der Waals surface area contributed by atoms with Gasteiger partial charge in [0, 0.05) is 6.07 Å². The van der Waals surface area contributed by atoms with Crippen LogP contribution >= 0.6 is 0 Å². The van der Waals surface area contributed by atoms with E-state index < -0.39 is 9.85 Å². The maximum atomic E-state index is 11.2. The van der Waals surface area contributed by atoms with Crippen molar-refractivity contribution in [2.75, 3.05) is 5.32 Å². The lowest BCUT2D eigenvalue weighted by Gasteiger charge is -2.19. The van der Waals surface area contributed by atoms with Crippen LogP contribution in [0.4, 0.5) is 17.1 Å². The number of non-ortho nitro benzene ring substituents is 1. The van der Waals surface area contributed by atoms with Crippen molar-refractivity contribution in [2.45, 2.75) is 25.8 Å². The molecule has 0 bridgehead atoms. The molecule has 2 rings (SSSR count). The van der Waals surface area contributed by atoms with Crippen molar-refractivity contribution in [2.24, 2.45) is 0 Å². The molecule has 7 nitrogen and oxygen atoms in total. The Labute approximate surface area is 133 Å². The zero-order chi connectivity index (χ0) is 16.8. The van der Waals surface area contributed by atoms with E-state index in [-0.39, 0.29) is 23.1 Å². The van der Waals surface area contributed by atoms with E-state index in [0.717, 1.165) is 24.5 Å². The minimum Gasteiger partial charge on any atom is -0.373 e. The first-order valence-corrected chi connectivity index (χ1v) is 7.27. The number of rotatable bonds is 7. The third-order valence-electron chi connectivity index (χ3n) is 3.50. The van der Waals surface area contributed by atoms with Crippen molar-refractivity contribution < 1.29 is 9.85 Å². The molecule has 0 saturated carbocycles.